The molecule has 2 fully saturated rings. The largest absolute Gasteiger partial charge is 0.439 e. The summed E-state index contributed by atoms with van der Waals surface area (Å²) in [6.07, 6.45) is -16.1. The molecule has 0 spiro atoms. The van der Waals surface area contributed by atoms with Crippen molar-refractivity contribution < 1.29 is 45.1 Å². The molecule has 2 amide bonds. The quantitative estimate of drug-likeness (QED) is 0.542. The predicted molar refractivity (Wildman–Crippen MR) is 102 cm³/mol. The average Bonchev–Trinajstić information content (AvgIpc) is 3.04. The van der Waals surface area contributed by atoms with Gasteiger partial charge in [0.05, 0.1) is 6.04 Å². The normalized spacial score (nSPS) is 23.1. The number of rotatable bonds is 5. The summed E-state index contributed by atoms with van der Waals surface area (Å²) in [6, 6.07) is 8.48. The van der Waals surface area contributed by atoms with Crippen LogP contribution in [-0.2, 0) is 9.53 Å². The Balaban J connectivity index is 1.57. The van der Waals surface area contributed by atoms with Crippen molar-refractivity contribution in [3.8, 4) is 0 Å². The van der Waals surface area contributed by atoms with Gasteiger partial charge in [0.25, 0.3) is 5.67 Å². The van der Waals surface area contributed by atoms with E-state index in [0.29, 0.717) is 0 Å². The van der Waals surface area contributed by atoms with Gasteiger partial charge >= 0.3 is 18.4 Å². The van der Waals surface area contributed by atoms with E-state index >= 15 is 0 Å². The van der Waals surface area contributed by atoms with Crippen molar-refractivity contribution in [3.05, 3.63) is 35.9 Å². The molecule has 33 heavy (non-hydrogen) atoms. The van der Waals surface area contributed by atoms with Crippen LogP contribution in [0.1, 0.15) is 44.3 Å². The number of piperidine rings is 1. The molecule has 2 heterocycles. The molecule has 2 unspecified atom stereocenters. The molecule has 5 nitrogen and oxygen atoms in total. The molecule has 0 bridgehead atoms. The average molecular weight is 484 g/mol. The first-order chi connectivity index (χ1) is 15.3. The molecule has 0 N–H and O–H groups in total. The summed E-state index contributed by atoms with van der Waals surface area (Å²) in [5.41, 5.74) is -4.63. The fraction of sp³-hybridized carbons (Fsp3) is 0.619. The highest BCUT2D eigenvalue weighted by Gasteiger charge is 2.72. The second-order valence-corrected chi connectivity index (χ2v) is 8.27. The van der Waals surface area contributed by atoms with Gasteiger partial charge in [0.15, 0.2) is 0 Å². The molecular formula is C21H23F7N2O3. The Morgan fingerprint density at radius 1 is 1.00 bits per heavy atom. The SMILES string of the molecule is CC1C(c2ccccc2)OC(=O)N1C1CCN(C(=O)CCC(F)(C(F)(F)F)C(F)(F)F)CC1. The van der Waals surface area contributed by atoms with Crippen molar-refractivity contribution in [2.24, 2.45) is 0 Å². The molecule has 12 heteroatoms. The molecule has 184 valence electrons. The number of carbonyl (C=O) groups excluding carboxylic acids is 2. The summed E-state index contributed by atoms with van der Waals surface area (Å²) in [5.74, 6) is -0.997. The van der Waals surface area contributed by atoms with Gasteiger partial charge in [0.1, 0.15) is 6.10 Å². The summed E-state index contributed by atoms with van der Waals surface area (Å²) in [7, 11) is 0. The number of benzene rings is 1. The number of hydrogen-bond donors (Lipinski definition) is 0. The van der Waals surface area contributed by atoms with Crippen molar-refractivity contribution >= 4 is 12.0 Å². The predicted octanol–water partition coefficient (Wildman–Crippen LogP) is 5.17. The lowest BCUT2D eigenvalue weighted by Crippen LogP contribution is -2.54. The first-order valence-corrected chi connectivity index (χ1v) is 10.4. The molecule has 2 aliphatic rings. The van der Waals surface area contributed by atoms with Crippen molar-refractivity contribution in [3.63, 3.8) is 0 Å². The molecule has 1 aromatic carbocycles. The van der Waals surface area contributed by atoms with Gasteiger partial charge in [-0.3, -0.25) is 9.69 Å². The van der Waals surface area contributed by atoms with Gasteiger partial charge in [0.2, 0.25) is 5.91 Å². The van der Waals surface area contributed by atoms with Crippen molar-refractivity contribution in [1.82, 2.24) is 9.80 Å². The molecule has 0 aromatic heterocycles. The highest BCUT2D eigenvalue weighted by Crippen LogP contribution is 2.49. The topological polar surface area (TPSA) is 49.9 Å². The molecule has 0 aliphatic carbocycles. The summed E-state index contributed by atoms with van der Waals surface area (Å²) in [6.45, 7) is 1.86. The number of nitrogens with zero attached hydrogens (tertiary/aromatic N) is 2. The lowest BCUT2D eigenvalue weighted by molar-refractivity contribution is -0.343. The number of likely N-dealkylation sites (tertiary alicyclic amines) is 1. The Hall–Kier alpha value is -2.53. The monoisotopic (exact) mass is 484 g/mol. The van der Waals surface area contributed by atoms with Gasteiger partial charge in [0, 0.05) is 32.0 Å². The number of halogens is 7. The third kappa shape index (κ3) is 4.89. The second-order valence-electron chi connectivity index (χ2n) is 8.27. The van der Waals surface area contributed by atoms with Crippen molar-refractivity contribution in [1.29, 1.82) is 0 Å². The van der Waals surface area contributed by atoms with E-state index in [2.05, 4.69) is 0 Å². The fourth-order valence-corrected chi connectivity index (χ4v) is 4.33. The number of amides is 2. The Morgan fingerprint density at radius 3 is 2.06 bits per heavy atom. The van der Waals surface area contributed by atoms with Crippen molar-refractivity contribution in [2.75, 3.05) is 13.1 Å². The zero-order valence-corrected chi connectivity index (χ0v) is 17.6. The fourth-order valence-electron chi connectivity index (χ4n) is 4.33. The van der Waals surface area contributed by atoms with Crippen molar-refractivity contribution in [2.45, 2.75) is 68.8 Å². The third-order valence-corrected chi connectivity index (χ3v) is 6.24. The first-order valence-electron chi connectivity index (χ1n) is 10.4. The van der Waals surface area contributed by atoms with Gasteiger partial charge in [-0.05, 0) is 25.3 Å². The summed E-state index contributed by atoms with van der Waals surface area (Å²) in [4.78, 5) is 27.3. The van der Waals surface area contributed by atoms with Crippen LogP contribution in [0.5, 0.6) is 0 Å². The maximum Gasteiger partial charge on any atom is 0.431 e. The van der Waals surface area contributed by atoms with Crippen LogP contribution in [0.25, 0.3) is 0 Å². The summed E-state index contributed by atoms with van der Waals surface area (Å²) < 4.78 is 95.3. The third-order valence-electron chi connectivity index (χ3n) is 6.24. The van der Waals surface area contributed by atoms with Gasteiger partial charge in [-0.25, -0.2) is 9.18 Å². The van der Waals surface area contributed by atoms with E-state index in [1.54, 1.807) is 4.90 Å². The highest BCUT2D eigenvalue weighted by atomic mass is 19.4. The Kier molecular flexibility index (Phi) is 6.86. The summed E-state index contributed by atoms with van der Waals surface area (Å²) >= 11 is 0. The van der Waals surface area contributed by atoms with E-state index < -0.39 is 49.0 Å². The smallest absolute Gasteiger partial charge is 0.431 e. The van der Waals surface area contributed by atoms with Gasteiger partial charge < -0.3 is 9.64 Å². The van der Waals surface area contributed by atoms with E-state index in [9.17, 15) is 40.3 Å². The maximum atomic E-state index is 13.8. The van der Waals surface area contributed by atoms with Gasteiger partial charge in [-0.15, -0.1) is 0 Å². The van der Waals surface area contributed by atoms with Crippen LogP contribution in [0.4, 0.5) is 35.5 Å². The van der Waals surface area contributed by atoms with E-state index in [1.807, 2.05) is 37.3 Å². The molecule has 1 aromatic rings. The van der Waals surface area contributed by atoms with Crippen LogP contribution in [0.15, 0.2) is 30.3 Å². The molecule has 3 rings (SSSR count). The lowest BCUT2D eigenvalue weighted by Gasteiger charge is -2.38. The molecule has 0 radical (unpaired) electrons. The molecular weight excluding hydrogens is 461 g/mol. The second kappa shape index (κ2) is 9.02. The number of alkyl halides is 7. The van der Waals surface area contributed by atoms with Gasteiger partial charge in [-0.1, -0.05) is 30.3 Å². The maximum absolute atomic E-state index is 13.8. The standard InChI is InChI=1S/C21H23F7N2O3/c1-13-17(14-5-3-2-4-6-14)33-18(32)30(13)15-8-11-29(12-9-15)16(31)7-10-19(22,20(23,24)25)21(26,27)28/h2-6,13,15,17H,7-12H2,1H3. The van der Waals surface area contributed by atoms with Crippen LogP contribution < -0.4 is 0 Å². The Morgan fingerprint density at radius 2 is 1.55 bits per heavy atom. The molecule has 2 aliphatic heterocycles. The Labute approximate surface area is 185 Å². The highest BCUT2D eigenvalue weighted by molar-refractivity contribution is 5.76. The van der Waals surface area contributed by atoms with Crippen LogP contribution >= 0.6 is 0 Å². The lowest BCUT2D eigenvalue weighted by atomic mass is 9.96. The zero-order valence-electron chi connectivity index (χ0n) is 17.6. The Bertz CT molecular complexity index is 838. The minimum Gasteiger partial charge on any atom is -0.439 e. The number of carbonyl (C=O) groups is 2. The van der Waals surface area contributed by atoms with Crippen LogP contribution in [-0.4, -0.2) is 65.0 Å². The number of ether oxygens (including phenoxy) is 1. The first kappa shape index (κ1) is 25.1. The summed E-state index contributed by atoms with van der Waals surface area (Å²) in [5, 5.41) is 0. The van der Waals surface area contributed by atoms with Crippen LogP contribution in [0, 0.1) is 0 Å². The van der Waals surface area contributed by atoms with Gasteiger partial charge in [-0.2, -0.15) is 26.3 Å². The van der Waals surface area contributed by atoms with Crippen LogP contribution in [0.3, 0.4) is 0 Å². The zero-order chi connectivity index (χ0) is 24.6. The molecule has 2 saturated heterocycles. The van der Waals surface area contributed by atoms with E-state index in [1.165, 1.54) is 0 Å². The van der Waals surface area contributed by atoms with E-state index in [-0.39, 0.29) is 38.0 Å². The van der Waals surface area contributed by atoms with Crippen LogP contribution in [0.2, 0.25) is 0 Å². The molecule has 2 atom stereocenters. The van der Waals surface area contributed by atoms with E-state index in [4.69, 9.17) is 4.74 Å². The minimum atomic E-state index is -6.18. The van der Waals surface area contributed by atoms with E-state index in [0.717, 1.165) is 10.5 Å². The number of cyclic esters (lactones) is 1. The minimum absolute atomic E-state index is 0.0212. The molecule has 0 saturated carbocycles. The number of hydrogen-bond acceptors (Lipinski definition) is 3.